The number of pyridine rings is 1. The molecule has 0 bridgehead atoms. The van der Waals surface area contributed by atoms with Crippen LogP contribution in [0.4, 0.5) is 5.82 Å². The van der Waals surface area contributed by atoms with E-state index in [-0.39, 0.29) is 0 Å². The molecular formula is C12H16N4. The summed E-state index contributed by atoms with van der Waals surface area (Å²) in [5.41, 5.74) is 0.485. The van der Waals surface area contributed by atoms with E-state index in [1.54, 1.807) is 6.07 Å². The zero-order chi connectivity index (χ0) is 11.4. The Kier molecular flexibility index (Phi) is 3.37. The standard InChI is InChI=1S/C12H16N4/c1-16(11-5-7-14-8-6-11)12-4-2-3-10(9-13)15-12/h2-4,11,14H,5-8H2,1H3. The van der Waals surface area contributed by atoms with E-state index in [4.69, 9.17) is 5.26 Å². The molecule has 0 aliphatic carbocycles. The Balaban J connectivity index is 2.13. The number of nitrogens with zero attached hydrogens (tertiary/aromatic N) is 3. The average Bonchev–Trinajstić information content (AvgIpc) is 2.39. The highest BCUT2D eigenvalue weighted by molar-refractivity contribution is 5.41. The maximum Gasteiger partial charge on any atom is 0.142 e. The van der Waals surface area contributed by atoms with Crippen molar-refractivity contribution in [3.8, 4) is 6.07 Å². The molecule has 1 N–H and O–H groups in total. The van der Waals surface area contributed by atoms with Gasteiger partial charge in [-0.05, 0) is 38.1 Å². The Morgan fingerprint density at radius 1 is 1.44 bits per heavy atom. The topological polar surface area (TPSA) is 52.0 Å². The quantitative estimate of drug-likeness (QED) is 0.805. The zero-order valence-corrected chi connectivity index (χ0v) is 9.48. The fraction of sp³-hybridized carbons (Fsp3) is 0.500. The van der Waals surface area contributed by atoms with Crippen LogP contribution in [-0.2, 0) is 0 Å². The van der Waals surface area contributed by atoms with Crippen molar-refractivity contribution in [3.63, 3.8) is 0 Å². The first-order valence-electron chi connectivity index (χ1n) is 5.62. The monoisotopic (exact) mass is 216 g/mol. The second-order valence-corrected chi connectivity index (χ2v) is 4.08. The maximum absolute atomic E-state index is 8.81. The SMILES string of the molecule is CN(c1cccc(C#N)n1)C1CCNCC1. The molecule has 0 unspecified atom stereocenters. The first-order chi connectivity index (χ1) is 7.81. The first-order valence-corrected chi connectivity index (χ1v) is 5.62. The van der Waals surface area contributed by atoms with Crippen LogP contribution in [0.1, 0.15) is 18.5 Å². The summed E-state index contributed by atoms with van der Waals surface area (Å²) < 4.78 is 0. The van der Waals surface area contributed by atoms with Crippen LogP contribution >= 0.6 is 0 Å². The van der Waals surface area contributed by atoms with Crippen molar-refractivity contribution < 1.29 is 0 Å². The lowest BCUT2D eigenvalue weighted by atomic mass is 10.1. The van der Waals surface area contributed by atoms with Gasteiger partial charge in [0.15, 0.2) is 0 Å². The molecule has 4 nitrogen and oxygen atoms in total. The molecule has 0 amide bonds. The van der Waals surface area contributed by atoms with E-state index in [9.17, 15) is 0 Å². The molecule has 2 heterocycles. The summed E-state index contributed by atoms with van der Waals surface area (Å²) in [6.45, 7) is 2.12. The minimum Gasteiger partial charge on any atom is -0.357 e. The molecule has 1 aliphatic heterocycles. The molecule has 16 heavy (non-hydrogen) atoms. The van der Waals surface area contributed by atoms with Gasteiger partial charge in [-0.25, -0.2) is 4.98 Å². The summed E-state index contributed by atoms with van der Waals surface area (Å²) in [5, 5.41) is 12.2. The Labute approximate surface area is 95.9 Å². The molecule has 0 radical (unpaired) electrons. The van der Waals surface area contributed by atoms with Crippen molar-refractivity contribution in [2.45, 2.75) is 18.9 Å². The van der Waals surface area contributed by atoms with Gasteiger partial charge < -0.3 is 10.2 Å². The fourth-order valence-corrected chi connectivity index (χ4v) is 2.06. The van der Waals surface area contributed by atoms with Crippen LogP contribution in [0, 0.1) is 11.3 Å². The molecule has 1 fully saturated rings. The summed E-state index contributed by atoms with van der Waals surface area (Å²) >= 11 is 0. The van der Waals surface area contributed by atoms with E-state index in [1.165, 1.54) is 0 Å². The largest absolute Gasteiger partial charge is 0.357 e. The van der Waals surface area contributed by atoms with E-state index in [0.29, 0.717) is 11.7 Å². The van der Waals surface area contributed by atoms with Crippen LogP contribution in [0.5, 0.6) is 0 Å². The summed E-state index contributed by atoms with van der Waals surface area (Å²) in [7, 11) is 2.06. The number of rotatable bonds is 2. The minimum atomic E-state index is 0.485. The van der Waals surface area contributed by atoms with Crippen molar-refractivity contribution >= 4 is 5.82 Å². The minimum absolute atomic E-state index is 0.485. The molecule has 1 aliphatic rings. The third kappa shape index (κ3) is 2.31. The Bertz CT molecular complexity index is 390. The van der Waals surface area contributed by atoms with Crippen molar-refractivity contribution in [3.05, 3.63) is 23.9 Å². The number of nitrogens with one attached hydrogen (secondary N) is 1. The summed E-state index contributed by atoms with van der Waals surface area (Å²) in [6, 6.07) is 8.19. The molecule has 0 saturated carbocycles. The van der Waals surface area contributed by atoms with Gasteiger partial charge in [0.05, 0.1) is 0 Å². The second-order valence-electron chi connectivity index (χ2n) is 4.08. The lowest BCUT2D eigenvalue weighted by Gasteiger charge is -2.32. The molecule has 4 heteroatoms. The van der Waals surface area contributed by atoms with Crippen molar-refractivity contribution in [1.82, 2.24) is 10.3 Å². The maximum atomic E-state index is 8.81. The normalized spacial score (nSPS) is 16.8. The van der Waals surface area contributed by atoms with Crippen LogP contribution in [-0.4, -0.2) is 31.2 Å². The molecule has 0 aromatic carbocycles. The van der Waals surface area contributed by atoms with Crippen molar-refractivity contribution in [1.29, 1.82) is 5.26 Å². The van der Waals surface area contributed by atoms with E-state index < -0.39 is 0 Å². The smallest absolute Gasteiger partial charge is 0.142 e. The predicted octanol–water partition coefficient (Wildman–Crippen LogP) is 1.14. The Hall–Kier alpha value is -1.60. The molecule has 1 aromatic heterocycles. The number of hydrogen-bond acceptors (Lipinski definition) is 4. The van der Waals surface area contributed by atoms with Crippen molar-refractivity contribution in [2.24, 2.45) is 0 Å². The first kappa shape index (κ1) is 10.9. The van der Waals surface area contributed by atoms with Crippen molar-refractivity contribution in [2.75, 3.05) is 25.0 Å². The molecule has 84 valence electrons. The van der Waals surface area contributed by atoms with Gasteiger partial charge in [0.1, 0.15) is 17.6 Å². The number of aromatic nitrogens is 1. The molecule has 0 spiro atoms. The van der Waals surface area contributed by atoms with Gasteiger partial charge in [-0.15, -0.1) is 0 Å². The van der Waals surface area contributed by atoms with E-state index >= 15 is 0 Å². The third-order valence-electron chi connectivity index (χ3n) is 3.07. The second kappa shape index (κ2) is 4.95. The lowest BCUT2D eigenvalue weighted by molar-refractivity contribution is 0.441. The van der Waals surface area contributed by atoms with Gasteiger partial charge in [0, 0.05) is 13.1 Å². The van der Waals surface area contributed by atoms with Crippen LogP contribution in [0.25, 0.3) is 0 Å². The summed E-state index contributed by atoms with van der Waals surface area (Å²) in [5.74, 6) is 0.894. The third-order valence-corrected chi connectivity index (χ3v) is 3.07. The van der Waals surface area contributed by atoms with E-state index in [0.717, 1.165) is 31.7 Å². The highest BCUT2D eigenvalue weighted by Gasteiger charge is 2.18. The lowest BCUT2D eigenvalue weighted by Crippen LogP contribution is -2.41. The van der Waals surface area contributed by atoms with Gasteiger partial charge in [0.25, 0.3) is 0 Å². The number of hydrogen-bond donors (Lipinski definition) is 1. The van der Waals surface area contributed by atoms with Gasteiger partial charge >= 0.3 is 0 Å². The molecule has 1 aromatic rings. The molecular weight excluding hydrogens is 200 g/mol. The predicted molar refractivity (Wildman–Crippen MR) is 63.2 cm³/mol. The van der Waals surface area contributed by atoms with E-state index in [2.05, 4.69) is 28.3 Å². The Morgan fingerprint density at radius 3 is 2.88 bits per heavy atom. The van der Waals surface area contributed by atoms with Gasteiger partial charge in [-0.2, -0.15) is 5.26 Å². The number of anilines is 1. The number of piperidine rings is 1. The molecule has 2 rings (SSSR count). The highest BCUT2D eigenvalue weighted by atomic mass is 15.2. The average molecular weight is 216 g/mol. The summed E-state index contributed by atoms with van der Waals surface area (Å²) in [4.78, 5) is 6.49. The van der Waals surface area contributed by atoms with Crippen LogP contribution in [0.2, 0.25) is 0 Å². The van der Waals surface area contributed by atoms with Gasteiger partial charge in [-0.3, -0.25) is 0 Å². The van der Waals surface area contributed by atoms with Gasteiger partial charge in [0.2, 0.25) is 0 Å². The Morgan fingerprint density at radius 2 is 2.19 bits per heavy atom. The highest BCUT2D eigenvalue weighted by Crippen LogP contribution is 2.17. The van der Waals surface area contributed by atoms with E-state index in [1.807, 2.05) is 12.1 Å². The van der Waals surface area contributed by atoms with Crippen LogP contribution in [0.15, 0.2) is 18.2 Å². The zero-order valence-electron chi connectivity index (χ0n) is 9.48. The molecule has 1 saturated heterocycles. The van der Waals surface area contributed by atoms with Crippen LogP contribution in [0.3, 0.4) is 0 Å². The van der Waals surface area contributed by atoms with Crippen LogP contribution < -0.4 is 10.2 Å². The summed E-state index contributed by atoms with van der Waals surface area (Å²) in [6.07, 6.45) is 2.27. The molecule has 0 atom stereocenters. The number of nitriles is 1. The fourth-order valence-electron chi connectivity index (χ4n) is 2.06. The van der Waals surface area contributed by atoms with Gasteiger partial charge in [-0.1, -0.05) is 6.07 Å².